The fraction of sp³-hybridized carbons (Fsp3) is 0.381. The quantitative estimate of drug-likeness (QED) is 0.337. The van der Waals surface area contributed by atoms with E-state index in [-0.39, 0.29) is 35.8 Å². The lowest BCUT2D eigenvalue weighted by Crippen LogP contribution is -2.46. The van der Waals surface area contributed by atoms with Gasteiger partial charge in [-0.15, -0.1) is 24.0 Å². The smallest absolute Gasteiger partial charge is 0.191 e. The van der Waals surface area contributed by atoms with Crippen LogP contribution >= 0.6 is 35.6 Å². The predicted octanol–water partition coefficient (Wildman–Crippen LogP) is 3.84. The van der Waals surface area contributed by atoms with E-state index in [0.29, 0.717) is 32.3 Å². The maximum absolute atomic E-state index is 13.4. The summed E-state index contributed by atoms with van der Waals surface area (Å²) >= 11 is 6.48. The number of nitrogens with zero attached hydrogens (tertiary/aromatic N) is 2. The molecule has 0 saturated carbocycles. The van der Waals surface area contributed by atoms with Gasteiger partial charge in [-0.3, -0.25) is 9.89 Å². The highest BCUT2D eigenvalue weighted by Crippen LogP contribution is 2.27. The first-order valence-corrected chi connectivity index (χ1v) is 9.80. The van der Waals surface area contributed by atoms with Crippen LogP contribution < -0.4 is 10.6 Å². The Hall–Kier alpha value is -1.42. The van der Waals surface area contributed by atoms with E-state index in [1.54, 1.807) is 13.1 Å². The van der Waals surface area contributed by atoms with Gasteiger partial charge in [-0.2, -0.15) is 0 Å². The van der Waals surface area contributed by atoms with Crippen molar-refractivity contribution in [1.82, 2.24) is 15.5 Å². The average molecular weight is 533 g/mol. The molecule has 0 aliphatic carbocycles. The molecule has 0 amide bonds. The summed E-state index contributed by atoms with van der Waals surface area (Å²) in [6, 6.07) is 14.6. The third kappa shape index (κ3) is 7.09. The zero-order valence-electron chi connectivity index (χ0n) is 16.4. The molecule has 1 heterocycles. The Morgan fingerprint density at radius 1 is 1.17 bits per heavy atom. The number of morpholine rings is 1. The van der Waals surface area contributed by atoms with Crippen LogP contribution in [0.2, 0.25) is 5.02 Å². The SMILES string of the molecule is CN=C(NCc1cccc(F)c1)NCC(c1ccccc1Cl)N1CCOCC1.I. The summed E-state index contributed by atoms with van der Waals surface area (Å²) in [4.78, 5) is 6.66. The minimum atomic E-state index is -0.242. The molecule has 1 saturated heterocycles. The Morgan fingerprint density at radius 2 is 1.93 bits per heavy atom. The summed E-state index contributed by atoms with van der Waals surface area (Å²) in [5, 5.41) is 7.37. The zero-order chi connectivity index (χ0) is 19.8. The highest BCUT2D eigenvalue weighted by atomic mass is 127. The predicted molar refractivity (Wildman–Crippen MR) is 127 cm³/mol. The molecule has 0 aromatic heterocycles. The molecule has 8 heteroatoms. The summed E-state index contributed by atoms with van der Waals surface area (Å²) in [7, 11) is 1.72. The summed E-state index contributed by atoms with van der Waals surface area (Å²) in [6.45, 7) is 4.28. The van der Waals surface area contributed by atoms with Crippen molar-refractivity contribution in [2.75, 3.05) is 39.9 Å². The second kappa shape index (κ2) is 12.3. The van der Waals surface area contributed by atoms with Crippen molar-refractivity contribution < 1.29 is 9.13 Å². The van der Waals surface area contributed by atoms with Crippen molar-refractivity contribution in [1.29, 1.82) is 0 Å². The number of nitrogens with one attached hydrogen (secondary N) is 2. The molecule has 0 spiro atoms. The van der Waals surface area contributed by atoms with Crippen LogP contribution in [0.4, 0.5) is 4.39 Å². The van der Waals surface area contributed by atoms with E-state index in [2.05, 4.69) is 26.6 Å². The van der Waals surface area contributed by atoms with Crippen molar-refractivity contribution in [3.63, 3.8) is 0 Å². The van der Waals surface area contributed by atoms with Crippen molar-refractivity contribution >= 4 is 41.5 Å². The summed E-state index contributed by atoms with van der Waals surface area (Å²) in [6.07, 6.45) is 0. The van der Waals surface area contributed by atoms with Gasteiger partial charge in [0.05, 0.1) is 19.3 Å². The number of hydrogen-bond donors (Lipinski definition) is 2. The molecule has 29 heavy (non-hydrogen) atoms. The van der Waals surface area contributed by atoms with E-state index in [9.17, 15) is 4.39 Å². The Bertz CT molecular complexity index is 802. The fourth-order valence-electron chi connectivity index (χ4n) is 3.32. The Balaban J connectivity index is 0.00000300. The standard InChI is InChI=1S/C21H26ClFN4O.HI/c1-24-21(25-14-16-5-4-6-17(23)13-16)26-15-20(27-9-11-28-12-10-27)18-7-2-3-8-19(18)22;/h2-8,13,20H,9-12,14-15H2,1H3,(H2,24,25,26);1H. The van der Waals surface area contributed by atoms with Gasteiger partial charge in [0.1, 0.15) is 5.82 Å². The molecule has 3 rings (SSSR count). The number of halogens is 3. The fourth-order valence-corrected chi connectivity index (χ4v) is 3.58. The van der Waals surface area contributed by atoms with Crippen molar-refractivity contribution in [2.45, 2.75) is 12.6 Å². The highest BCUT2D eigenvalue weighted by molar-refractivity contribution is 14.0. The molecule has 5 nitrogen and oxygen atoms in total. The molecule has 1 atom stereocenters. The van der Waals surface area contributed by atoms with Crippen LogP contribution in [0.25, 0.3) is 0 Å². The van der Waals surface area contributed by atoms with Crippen molar-refractivity contribution in [3.05, 3.63) is 70.5 Å². The maximum atomic E-state index is 13.4. The minimum Gasteiger partial charge on any atom is -0.379 e. The first kappa shape index (κ1) is 23.9. The van der Waals surface area contributed by atoms with Crippen LogP contribution in [-0.4, -0.2) is 50.8 Å². The Labute approximate surface area is 193 Å². The monoisotopic (exact) mass is 532 g/mol. The van der Waals surface area contributed by atoms with Crippen LogP contribution in [-0.2, 0) is 11.3 Å². The third-order valence-corrected chi connectivity index (χ3v) is 5.13. The molecule has 1 aliphatic heterocycles. The minimum absolute atomic E-state index is 0. The van der Waals surface area contributed by atoms with E-state index in [1.165, 1.54) is 12.1 Å². The molecule has 158 valence electrons. The number of rotatable bonds is 6. The van der Waals surface area contributed by atoms with Crippen LogP contribution in [0.15, 0.2) is 53.5 Å². The number of aliphatic imine (C=N–C) groups is 1. The van der Waals surface area contributed by atoms with Gasteiger partial charge >= 0.3 is 0 Å². The van der Waals surface area contributed by atoms with Crippen molar-refractivity contribution in [2.24, 2.45) is 4.99 Å². The Morgan fingerprint density at radius 3 is 2.62 bits per heavy atom. The normalized spacial score (nSPS) is 16.0. The van der Waals surface area contributed by atoms with Gasteiger partial charge in [0.15, 0.2) is 5.96 Å². The molecule has 0 bridgehead atoms. The van der Waals surface area contributed by atoms with E-state index in [1.807, 2.05) is 24.3 Å². The van der Waals surface area contributed by atoms with Gasteiger partial charge in [0, 0.05) is 38.2 Å². The second-order valence-electron chi connectivity index (χ2n) is 6.62. The molecular formula is C21H27ClFIN4O. The maximum Gasteiger partial charge on any atom is 0.191 e. The number of ether oxygens (including phenoxy) is 1. The lowest BCUT2D eigenvalue weighted by atomic mass is 10.0. The number of benzene rings is 2. The Kier molecular flexibility index (Phi) is 10.1. The van der Waals surface area contributed by atoms with Crippen LogP contribution in [0.1, 0.15) is 17.2 Å². The van der Waals surface area contributed by atoms with E-state index in [4.69, 9.17) is 16.3 Å². The van der Waals surface area contributed by atoms with Gasteiger partial charge in [-0.05, 0) is 29.3 Å². The molecule has 2 N–H and O–H groups in total. The van der Waals surface area contributed by atoms with E-state index >= 15 is 0 Å². The molecule has 1 aliphatic rings. The third-order valence-electron chi connectivity index (χ3n) is 4.79. The first-order valence-electron chi connectivity index (χ1n) is 9.42. The molecule has 1 fully saturated rings. The zero-order valence-corrected chi connectivity index (χ0v) is 19.5. The van der Waals surface area contributed by atoms with Gasteiger partial charge in [-0.25, -0.2) is 4.39 Å². The van der Waals surface area contributed by atoms with Gasteiger partial charge in [0.25, 0.3) is 0 Å². The molecular weight excluding hydrogens is 506 g/mol. The number of hydrogen-bond acceptors (Lipinski definition) is 3. The molecule has 2 aromatic carbocycles. The topological polar surface area (TPSA) is 48.9 Å². The van der Waals surface area contributed by atoms with Gasteiger partial charge in [-0.1, -0.05) is 41.9 Å². The highest BCUT2D eigenvalue weighted by Gasteiger charge is 2.24. The summed E-state index contributed by atoms with van der Waals surface area (Å²) < 4.78 is 18.9. The van der Waals surface area contributed by atoms with Crippen LogP contribution in [0.3, 0.4) is 0 Å². The largest absolute Gasteiger partial charge is 0.379 e. The van der Waals surface area contributed by atoms with Gasteiger partial charge < -0.3 is 15.4 Å². The summed E-state index contributed by atoms with van der Waals surface area (Å²) in [5.41, 5.74) is 1.94. The van der Waals surface area contributed by atoms with Crippen LogP contribution in [0, 0.1) is 5.82 Å². The van der Waals surface area contributed by atoms with Crippen LogP contribution in [0.5, 0.6) is 0 Å². The molecule has 2 aromatic rings. The summed E-state index contributed by atoms with van der Waals surface area (Å²) in [5.74, 6) is 0.419. The lowest BCUT2D eigenvalue weighted by molar-refractivity contribution is 0.0170. The number of guanidine groups is 1. The van der Waals surface area contributed by atoms with E-state index in [0.717, 1.165) is 29.2 Å². The molecule has 0 radical (unpaired) electrons. The second-order valence-corrected chi connectivity index (χ2v) is 7.03. The lowest BCUT2D eigenvalue weighted by Gasteiger charge is -2.35. The van der Waals surface area contributed by atoms with Crippen molar-refractivity contribution in [3.8, 4) is 0 Å². The van der Waals surface area contributed by atoms with Gasteiger partial charge in [0.2, 0.25) is 0 Å². The average Bonchev–Trinajstić information content (AvgIpc) is 2.72. The van der Waals surface area contributed by atoms with E-state index < -0.39 is 0 Å². The molecule has 1 unspecified atom stereocenters. The first-order chi connectivity index (χ1) is 13.7.